The number of hydrogen-bond donors (Lipinski definition) is 2. The van der Waals surface area contributed by atoms with Crippen molar-refractivity contribution in [3.8, 4) is 11.5 Å². The number of nitrogens with one attached hydrogen (secondary N) is 2. The maximum atomic E-state index is 12.2. The van der Waals surface area contributed by atoms with Crippen molar-refractivity contribution in [1.29, 1.82) is 0 Å². The SMILES string of the molecule is COc1cccc(/C=N\N=C2\NC(=O)[C@@H](CC(=O)Nc3ccc(Cl)cc3)S2)c1OC. The third-order valence-electron chi connectivity index (χ3n) is 4.05. The van der Waals surface area contributed by atoms with Crippen LogP contribution >= 0.6 is 23.4 Å². The molecule has 0 radical (unpaired) electrons. The molecular formula is C20H19ClN4O4S. The van der Waals surface area contributed by atoms with E-state index in [1.54, 1.807) is 49.6 Å². The number of thioether (sulfide) groups is 1. The number of amidine groups is 1. The van der Waals surface area contributed by atoms with Gasteiger partial charge in [-0.3, -0.25) is 9.59 Å². The second-order valence-electron chi connectivity index (χ2n) is 6.09. The molecule has 0 spiro atoms. The predicted octanol–water partition coefficient (Wildman–Crippen LogP) is 3.31. The first-order valence-electron chi connectivity index (χ1n) is 8.85. The molecule has 10 heteroatoms. The highest BCUT2D eigenvalue weighted by molar-refractivity contribution is 8.15. The zero-order valence-corrected chi connectivity index (χ0v) is 17.8. The van der Waals surface area contributed by atoms with Gasteiger partial charge < -0.3 is 20.1 Å². The molecule has 1 fully saturated rings. The highest BCUT2D eigenvalue weighted by Gasteiger charge is 2.32. The van der Waals surface area contributed by atoms with Gasteiger partial charge in [-0.15, -0.1) is 5.10 Å². The van der Waals surface area contributed by atoms with Crippen molar-refractivity contribution in [2.24, 2.45) is 10.2 Å². The van der Waals surface area contributed by atoms with Gasteiger partial charge in [-0.05, 0) is 36.4 Å². The summed E-state index contributed by atoms with van der Waals surface area (Å²) in [5.41, 5.74) is 1.29. The molecule has 3 rings (SSSR count). The number of rotatable bonds is 7. The summed E-state index contributed by atoms with van der Waals surface area (Å²) in [6.45, 7) is 0. The number of para-hydroxylation sites is 1. The smallest absolute Gasteiger partial charge is 0.240 e. The van der Waals surface area contributed by atoms with Crippen LogP contribution in [0.4, 0.5) is 5.69 Å². The highest BCUT2D eigenvalue weighted by atomic mass is 35.5. The van der Waals surface area contributed by atoms with E-state index in [1.165, 1.54) is 13.3 Å². The summed E-state index contributed by atoms with van der Waals surface area (Å²) in [7, 11) is 3.08. The van der Waals surface area contributed by atoms with E-state index >= 15 is 0 Å². The quantitative estimate of drug-likeness (QED) is 0.502. The van der Waals surface area contributed by atoms with E-state index < -0.39 is 5.25 Å². The number of methoxy groups -OCH3 is 2. The van der Waals surface area contributed by atoms with Crippen molar-refractivity contribution in [1.82, 2.24) is 5.32 Å². The Kier molecular flexibility index (Phi) is 7.31. The van der Waals surface area contributed by atoms with Crippen LogP contribution in [0.1, 0.15) is 12.0 Å². The van der Waals surface area contributed by atoms with Crippen molar-refractivity contribution < 1.29 is 19.1 Å². The summed E-state index contributed by atoms with van der Waals surface area (Å²) in [5.74, 6) is 0.531. The van der Waals surface area contributed by atoms with Gasteiger partial charge in [0, 0.05) is 22.7 Å². The van der Waals surface area contributed by atoms with Crippen molar-refractivity contribution in [3.63, 3.8) is 0 Å². The summed E-state index contributed by atoms with van der Waals surface area (Å²) in [4.78, 5) is 24.3. The summed E-state index contributed by atoms with van der Waals surface area (Å²) in [6, 6.07) is 12.1. The number of halogens is 1. The lowest BCUT2D eigenvalue weighted by Gasteiger charge is -2.08. The average molecular weight is 447 g/mol. The lowest BCUT2D eigenvalue weighted by atomic mass is 10.2. The summed E-state index contributed by atoms with van der Waals surface area (Å²) >= 11 is 6.98. The van der Waals surface area contributed by atoms with Crippen LogP contribution in [0.5, 0.6) is 11.5 Å². The zero-order chi connectivity index (χ0) is 21.5. The Bertz CT molecular complexity index is 995. The molecule has 1 atom stereocenters. The van der Waals surface area contributed by atoms with Crippen LogP contribution in [0.2, 0.25) is 5.02 Å². The standard InChI is InChI=1S/C20H19ClN4O4S/c1-28-15-5-3-4-12(18(15)29-2)11-22-25-20-24-19(27)16(30-20)10-17(26)23-14-8-6-13(21)7-9-14/h3-9,11,16H,10H2,1-2H3,(H,23,26)(H,24,25,27)/b22-11-/t16-/m1/s1. The molecule has 2 aromatic carbocycles. The first-order chi connectivity index (χ1) is 14.5. The van der Waals surface area contributed by atoms with Gasteiger partial charge >= 0.3 is 0 Å². The van der Waals surface area contributed by atoms with Gasteiger partial charge in [-0.25, -0.2) is 0 Å². The third-order valence-corrected chi connectivity index (χ3v) is 5.38. The third kappa shape index (κ3) is 5.52. The Morgan fingerprint density at radius 1 is 1.23 bits per heavy atom. The van der Waals surface area contributed by atoms with Crippen LogP contribution < -0.4 is 20.1 Å². The fourth-order valence-electron chi connectivity index (χ4n) is 2.66. The van der Waals surface area contributed by atoms with Crippen LogP contribution in [0, 0.1) is 0 Å². The van der Waals surface area contributed by atoms with Gasteiger partial charge in [0.05, 0.1) is 20.4 Å². The molecule has 1 heterocycles. The maximum absolute atomic E-state index is 12.2. The second-order valence-corrected chi connectivity index (χ2v) is 7.72. The van der Waals surface area contributed by atoms with Gasteiger partial charge in [-0.2, -0.15) is 5.10 Å². The molecule has 156 valence electrons. The zero-order valence-electron chi connectivity index (χ0n) is 16.2. The lowest BCUT2D eigenvalue weighted by molar-refractivity contribution is -0.122. The average Bonchev–Trinajstić information content (AvgIpc) is 3.08. The van der Waals surface area contributed by atoms with Gasteiger partial charge in [0.1, 0.15) is 5.25 Å². The lowest BCUT2D eigenvalue weighted by Crippen LogP contribution is -2.28. The number of amides is 2. The summed E-state index contributed by atoms with van der Waals surface area (Å²) < 4.78 is 10.6. The number of nitrogens with zero attached hydrogens (tertiary/aromatic N) is 2. The Labute approximate surface area is 182 Å². The molecule has 0 aliphatic carbocycles. The normalized spacial score (nSPS) is 17.2. The van der Waals surface area contributed by atoms with Crippen LogP contribution in [0.15, 0.2) is 52.7 Å². The van der Waals surface area contributed by atoms with Crippen molar-refractivity contribution in [2.75, 3.05) is 19.5 Å². The molecule has 0 aromatic heterocycles. The van der Waals surface area contributed by atoms with Gasteiger partial charge in [-0.1, -0.05) is 29.4 Å². The van der Waals surface area contributed by atoms with Gasteiger partial charge in [0.25, 0.3) is 0 Å². The number of ether oxygens (including phenoxy) is 2. The van der Waals surface area contributed by atoms with E-state index in [1.807, 2.05) is 0 Å². The number of carbonyl (C=O) groups excluding carboxylic acids is 2. The van der Waals surface area contributed by atoms with Crippen LogP contribution in [-0.2, 0) is 9.59 Å². The monoisotopic (exact) mass is 446 g/mol. The summed E-state index contributed by atoms with van der Waals surface area (Å²) in [5, 5.41) is 13.7. The predicted molar refractivity (Wildman–Crippen MR) is 119 cm³/mol. The molecule has 0 bridgehead atoms. The summed E-state index contributed by atoms with van der Waals surface area (Å²) in [6.07, 6.45) is 1.51. The Morgan fingerprint density at radius 2 is 2.00 bits per heavy atom. The largest absolute Gasteiger partial charge is 0.493 e. The van der Waals surface area contributed by atoms with E-state index in [0.717, 1.165) is 11.8 Å². The van der Waals surface area contributed by atoms with E-state index in [4.69, 9.17) is 21.1 Å². The molecular weight excluding hydrogens is 428 g/mol. The van der Waals surface area contributed by atoms with E-state index in [9.17, 15) is 9.59 Å². The Balaban J connectivity index is 1.60. The molecule has 8 nitrogen and oxygen atoms in total. The second kappa shape index (κ2) is 10.1. The molecule has 1 saturated heterocycles. The van der Waals surface area contributed by atoms with E-state index in [0.29, 0.717) is 32.9 Å². The van der Waals surface area contributed by atoms with E-state index in [2.05, 4.69) is 20.8 Å². The molecule has 1 aliphatic heterocycles. The van der Waals surface area contributed by atoms with E-state index in [-0.39, 0.29) is 18.2 Å². The molecule has 1 aliphatic rings. The Hall–Kier alpha value is -3.04. The number of hydrogen-bond acceptors (Lipinski definition) is 7. The van der Waals surface area contributed by atoms with Crippen molar-refractivity contribution >= 4 is 52.2 Å². The molecule has 2 N–H and O–H groups in total. The van der Waals surface area contributed by atoms with Gasteiger partial charge in [0.15, 0.2) is 16.7 Å². The topological polar surface area (TPSA) is 101 Å². The molecule has 2 aromatic rings. The van der Waals surface area contributed by atoms with Crippen molar-refractivity contribution in [3.05, 3.63) is 53.1 Å². The number of carbonyl (C=O) groups is 2. The van der Waals surface area contributed by atoms with Crippen LogP contribution in [0.3, 0.4) is 0 Å². The molecule has 0 unspecified atom stereocenters. The first kappa shape index (κ1) is 21.7. The minimum atomic E-state index is -0.586. The number of anilines is 1. The molecule has 30 heavy (non-hydrogen) atoms. The number of benzene rings is 2. The molecule has 2 amide bonds. The van der Waals surface area contributed by atoms with Crippen LogP contribution in [0.25, 0.3) is 0 Å². The highest BCUT2D eigenvalue weighted by Crippen LogP contribution is 2.29. The Morgan fingerprint density at radius 3 is 2.70 bits per heavy atom. The maximum Gasteiger partial charge on any atom is 0.240 e. The first-order valence-corrected chi connectivity index (χ1v) is 10.1. The van der Waals surface area contributed by atoms with Crippen molar-refractivity contribution in [2.45, 2.75) is 11.7 Å². The van der Waals surface area contributed by atoms with Gasteiger partial charge in [0.2, 0.25) is 11.8 Å². The molecule has 0 saturated carbocycles. The minimum absolute atomic E-state index is 0.00552. The van der Waals surface area contributed by atoms with Crippen LogP contribution in [-0.4, -0.2) is 42.7 Å². The fraction of sp³-hybridized carbons (Fsp3) is 0.200. The minimum Gasteiger partial charge on any atom is -0.493 e. The fourth-order valence-corrected chi connectivity index (χ4v) is 3.71.